The zero-order chi connectivity index (χ0) is 61.1. The molecule has 0 aliphatic rings. The van der Waals surface area contributed by atoms with Crippen LogP contribution in [0.15, 0.2) is 115 Å². The van der Waals surface area contributed by atoms with Crippen molar-refractivity contribution in [1.82, 2.24) is 41.7 Å². The summed E-state index contributed by atoms with van der Waals surface area (Å²) in [7, 11) is 6.49. The van der Waals surface area contributed by atoms with Crippen LogP contribution < -0.4 is 36.6 Å². The van der Waals surface area contributed by atoms with Gasteiger partial charge in [-0.3, -0.25) is 24.0 Å². The number of aryl methyl sites for hydroxylation is 4. The highest BCUT2D eigenvalue weighted by Crippen LogP contribution is 2.20. The summed E-state index contributed by atoms with van der Waals surface area (Å²) >= 11 is 0. The van der Waals surface area contributed by atoms with Crippen LogP contribution in [0.4, 0.5) is 0 Å². The zero-order valence-corrected chi connectivity index (χ0v) is 51.3. The molecule has 0 spiro atoms. The van der Waals surface area contributed by atoms with Gasteiger partial charge in [0.05, 0.1) is 31.3 Å². The third-order valence-corrected chi connectivity index (χ3v) is 13.7. The second-order valence-electron chi connectivity index (χ2n) is 20.3. The van der Waals surface area contributed by atoms with Crippen molar-refractivity contribution < 1.29 is 43.3 Å². The lowest BCUT2D eigenvalue weighted by molar-refractivity contribution is -0.145. The summed E-state index contributed by atoms with van der Waals surface area (Å²) in [5.41, 5.74) is 6.12. The number of ether oxygens (including phenoxy) is 2. The number of carbonyl (C=O) groups excluding carboxylic acids is 6. The van der Waals surface area contributed by atoms with E-state index in [1.54, 1.807) is 28.1 Å². The number of para-hydroxylation sites is 1. The van der Waals surface area contributed by atoms with E-state index < -0.39 is 24.2 Å². The molecule has 7 unspecified atom stereocenters. The Kier molecular flexibility index (Phi) is 40.1. The Balaban J connectivity index is 0.000000657. The normalized spacial score (nSPS) is 13.2. The number of nitrogens with one attached hydrogen (secondary N) is 6. The van der Waals surface area contributed by atoms with Crippen molar-refractivity contribution in [3.05, 3.63) is 143 Å². The van der Waals surface area contributed by atoms with Gasteiger partial charge in [0, 0.05) is 52.9 Å². The molecule has 7 atom stereocenters. The number of hydrogen-bond acceptors (Lipinski definition) is 12. The third kappa shape index (κ3) is 29.8. The average Bonchev–Trinajstić information content (AvgIpc) is 3.53. The maximum atomic E-state index is 13.3. The fourth-order valence-electron chi connectivity index (χ4n) is 8.49. The van der Waals surface area contributed by atoms with Crippen molar-refractivity contribution in [1.29, 1.82) is 0 Å². The molecule has 0 aliphatic carbocycles. The van der Waals surface area contributed by atoms with Crippen molar-refractivity contribution in [3.63, 3.8) is 0 Å². The zero-order valence-electron chi connectivity index (χ0n) is 51.3. The largest absolute Gasteiger partial charge is 0.492 e. The molecule has 7 N–H and O–H groups in total. The molecular weight excluding hydrogens is 1040 g/mol. The summed E-state index contributed by atoms with van der Waals surface area (Å²) in [6.45, 7) is 19.0. The number of aldehydes is 1. The minimum Gasteiger partial charge on any atom is -0.492 e. The lowest BCUT2D eigenvalue weighted by Crippen LogP contribution is -2.58. The van der Waals surface area contributed by atoms with Gasteiger partial charge >= 0.3 is 0 Å². The average molecular weight is 1140 g/mol. The molecule has 4 aromatic rings. The van der Waals surface area contributed by atoms with Gasteiger partial charge in [0.2, 0.25) is 30.0 Å². The Hall–Kier alpha value is -6.76. The predicted octanol–water partition coefficient (Wildman–Crippen LogP) is 6.73. The van der Waals surface area contributed by atoms with Gasteiger partial charge < -0.3 is 61.1 Å². The molecule has 82 heavy (non-hydrogen) atoms. The molecule has 17 heteroatoms. The monoisotopic (exact) mass is 1140 g/mol. The van der Waals surface area contributed by atoms with E-state index in [9.17, 15) is 33.9 Å². The number of rotatable bonds is 34. The van der Waals surface area contributed by atoms with Gasteiger partial charge in [0.25, 0.3) is 0 Å². The van der Waals surface area contributed by atoms with E-state index in [-0.39, 0.29) is 48.1 Å². The quantitative estimate of drug-likeness (QED) is 0.0191. The number of methoxy groups -OCH3 is 1. The minimum absolute atomic E-state index is 0.0133. The third-order valence-electron chi connectivity index (χ3n) is 13.7. The highest BCUT2D eigenvalue weighted by Gasteiger charge is 2.36. The number of aliphatic hydroxyl groups is 1. The standard InChI is InChI=1S/C26H44N4O4.C25H40N4O5.2C7H8/c1-6-20(2)25(26(33)30(4)23(18-31)19-34-5)29-16-10-14-22-12-8-7-11-21(22)13-9-15-28-24(32)17-27-3;1-6-18(3)22(25(33)29(5)23(19(4)31)24(32)27-7-2)28-15-16-34-21-13-9-8-11-20(21)12-10-14-26-17-30;2*1-7-5-3-2-4-6-7/h7-8,11-12,18,20,23,25,27,29H,6,9-10,13-17,19H2,1-5H3,(H,28,32);8-13,17-19,22-23,28,31H,6-7,14-16H2,1-5H3,(H,26,30)(H,27,32);2*2-6H,1H3/b;12-10+;;. The van der Waals surface area contributed by atoms with Gasteiger partial charge in [-0.2, -0.15) is 0 Å². The van der Waals surface area contributed by atoms with Crippen LogP contribution in [0.1, 0.15) is 95.0 Å². The first-order valence-corrected chi connectivity index (χ1v) is 28.9. The molecule has 0 aromatic heterocycles. The van der Waals surface area contributed by atoms with Crippen molar-refractivity contribution in [3.8, 4) is 5.75 Å². The minimum atomic E-state index is -1.01. The van der Waals surface area contributed by atoms with E-state index in [1.807, 2.05) is 92.7 Å². The molecule has 0 bridgehead atoms. The number of carbonyl (C=O) groups is 6. The van der Waals surface area contributed by atoms with Crippen molar-refractivity contribution in [2.75, 3.05) is 80.7 Å². The van der Waals surface area contributed by atoms with Crippen LogP contribution in [-0.4, -0.2) is 162 Å². The first-order chi connectivity index (χ1) is 39.5. The highest BCUT2D eigenvalue weighted by molar-refractivity contribution is 5.90. The van der Waals surface area contributed by atoms with Crippen LogP contribution in [0, 0.1) is 25.7 Å². The molecule has 454 valence electrons. The number of amides is 5. The van der Waals surface area contributed by atoms with E-state index in [0.29, 0.717) is 58.0 Å². The van der Waals surface area contributed by atoms with Crippen LogP contribution in [0.3, 0.4) is 0 Å². The van der Waals surface area contributed by atoms with Crippen LogP contribution in [0.2, 0.25) is 0 Å². The van der Waals surface area contributed by atoms with Crippen LogP contribution in [-0.2, 0) is 46.3 Å². The summed E-state index contributed by atoms with van der Waals surface area (Å²) in [6, 6.07) is 34.1. The van der Waals surface area contributed by atoms with Crippen molar-refractivity contribution in [2.45, 2.75) is 124 Å². The highest BCUT2D eigenvalue weighted by atomic mass is 16.5. The lowest BCUT2D eigenvalue weighted by Gasteiger charge is -2.34. The summed E-state index contributed by atoms with van der Waals surface area (Å²) in [5, 5.41) is 27.9. The second-order valence-corrected chi connectivity index (χ2v) is 20.3. The van der Waals surface area contributed by atoms with E-state index in [0.717, 1.165) is 50.4 Å². The molecular formula is C65H100N8O9. The molecule has 17 nitrogen and oxygen atoms in total. The van der Waals surface area contributed by atoms with Gasteiger partial charge in [0.15, 0.2) is 0 Å². The van der Waals surface area contributed by atoms with Gasteiger partial charge in [-0.05, 0) is 96.0 Å². The number of hydrogen-bond donors (Lipinski definition) is 7. The summed E-state index contributed by atoms with van der Waals surface area (Å²) in [4.78, 5) is 74.9. The fraction of sp³-hybridized carbons (Fsp3) is 0.508. The number of likely N-dealkylation sites (N-methyl/N-ethyl adjacent to an activating group) is 4. The van der Waals surface area contributed by atoms with Crippen LogP contribution in [0.5, 0.6) is 5.75 Å². The van der Waals surface area contributed by atoms with Gasteiger partial charge in [-0.15, -0.1) is 0 Å². The van der Waals surface area contributed by atoms with E-state index in [1.165, 1.54) is 46.1 Å². The fourth-order valence-corrected chi connectivity index (χ4v) is 8.49. The van der Waals surface area contributed by atoms with Gasteiger partial charge in [0.1, 0.15) is 30.7 Å². The van der Waals surface area contributed by atoms with Gasteiger partial charge in [-0.1, -0.05) is 167 Å². The lowest BCUT2D eigenvalue weighted by atomic mass is 9.96. The molecule has 0 saturated heterocycles. The Morgan fingerprint density at radius 3 is 1.66 bits per heavy atom. The first-order valence-electron chi connectivity index (χ1n) is 28.9. The Labute approximate surface area is 491 Å². The SMILES string of the molecule is CCC(C)C(NCCCc1ccccc1CCCNC(=O)CNC)C(=O)N(C)C(C=O)COC.CCNC(=O)C(C(C)O)N(C)C(=O)C(NCCOc1ccccc1/C=C/CNC=O)C(C)CC.Cc1ccccc1.Cc1ccccc1. The van der Waals surface area contributed by atoms with E-state index in [4.69, 9.17) is 9.47 Å². The van der Waals surface area contributed by atoms with Crippen molar-refractivity contribution in [2.24, 2.45) is 11.8 Å². The molecule has 4 rings (SSSR count). The first kappa shape index (κ1) is 73.3. The number of aliphatic hydroxyl groups excluding tert-OH is 1. The summed E-state index contributed by atoms with van der Waals surface area (Å²) < 4.78 is 11.0. The molecule has 0 radical (unpaired) electrons. The molecule has 5 amide bonds. The van der Waals surface area contributed by atoms with Gasteiger partial charge in [-0.25, -0.2) is 0 Å². The number of benzene rings is 4. The molecule has 4 aromatic carbocycles. The predicted molar refractivity (Wildman–Crippen MR) is 331 cm³/mol. The smallest absolute Gasteiger partial charge is 0.245 e. The topological polar surface area (TPSA) is 220 Å². The Morgan fingerprint density at radius 2 is 1.18 bits per heavy atom. The molecule has 0 saturated carbocycles. The maximum Gasteiger partial charge on any atom is 0.245 e. The Morgan fingerprint density at radius 1 is 0.671 bits per heavy atom. The molecule has 0 aliphatic heterocycles. The molecule has 0 heterocycles. The van der Waals surface area contributed by atoms with E-state index in [2.05, 4.69) is 102 Å². The Bertz CT molecular complexity index is 2360. The maximum absolute atomic E-state index is 13.3. The second kappa shape index (κ2) is 44.8. The number of nitrogens with zero attached hydrogens (tertiary/aromatic N) is 2. The van der Waals surface area contributed by atoms with Crippen LogP contribution >= 0.6 is 0 Å². The van der Waals surface area contributed by atoms with Crippen LogP contribution in [0.25, 0.3) is 6.08 Å². The van der Waals surface area contributed by atoms with E-state index >= 15 is 0 Å². The van der Waals surface area contributed by atoms with Crippen molar-refractivity contribution >= 4 is 42.4 Å². The summed E-state index contributed by atoms with van der Waals surface area (Å²) in [6.07, 6.45) is 9.34. The summed E-state index contributed by atoms with van der Waals surface area (Å²) in [5.74, 6) is 0.157. The molecule has 0 fully saturated rings.